The van der Waals surface area contributed by atoms with E-state index >= 15 is 0 Å². The number of halogens is 2. The van der Waals surface area contributed by atoms with E-state index in [4.69, 9.17) is 27.9 Å². The molecule has 0 heterocycles. The molecule has 19 heavy (non-hydrogen) atoms. The van der Waals surface area contributed by atoms with Crippen molar-refractivity contribution in [3.63, 3.8) is 0 Å². The summed E-state index contributed by atoms with van der Waals surface area (Å²) in [5, 5.41) is 1.18. The summed E-state index contributed by atoms with van der Waals surface area (Å²) in [6, 6.07) is 5.66. The monoisotopic (exact) mass is 320 g/mol. The van der Waals surface area contributed by atoms with Crippen LogP contribution in [0.4, 0.5) is 0 Å². The highest BCUT2D eigenvalue weighted by Crippen LogP contribution is 2.28. The van der Waals surface area contributed by atoms with Gasteiger partial charge < -0.3 is 4.74 Å². The number of hydrogen-bond donors (Lipinski definition) is 0. The number of hydrogen-bond acceptors (Lipinski definition) is 3. The van der Waals surface area contributed by atoms with Gasteiger partial charge in [-0.15, -0.1) is 11.8 Å². The molecule has 0 aromatic heterocycles. The molecular weight excluding hydrogens is 303 g/mol. The fourth-order valence-corrected chi connectivity index (χ4v) is 2.85. The highest BCUT2D eigenvalue weighted by molar-refractivity contribution is 7.99. The smallest absolute Gasteiger partial charge is 0.305 e. The summed E-state index contributed by atoms with van der Waals surface area (Å²) < 4.78 is 4.87. The van der Waals surface area contributed by atoms with Crippen LogP contribution in [0.3, 0.4) is 0 Å². The molecule has 1 aromatic carbocycles. The molecule has 1 aromatic rings. The van der Waals surface area contributed by atoms with Crippen molar-refractivity contribution in [2.24, 2.45) is 0 Å². The fraction of sp³-hybridized carbons (Fsp3) is 0.500. The number of carbonyl (C=O) groups is 1. The lowest BCUT2D eigenvalue weighted by Crippen LogP contribution is -2.03. The van der Waals surface area contributed by atoms with Gasteiger partial charge in [-0.25, -0.2) is 0 Å². The maximum absolute atomic E-state index is 11.1. The van der Waals surface area contributed by atoms with Gasteiger partial charge in [0.05, 0.1) is 16.7 Å². The van der Waals surface area contributed by atoms with Crippen LogP contribution < -0.4 is 0 Å². The summed E-state index contributed by atoms with van der Waals surface area (Å²) in [4.78, 5) is 12.2. The highest BCUT2D eigenvalue weighted by atomic mass is 35.5. The minimum absolute atomic E-state index is 0.0976. The van der Waals surface area contributed by atoms with Crippen LogP contribution >= 0.6 is 35.0 Å². The van der Waals surface area contributed by atoms with E-state index in [1.54, 1.807) is 11.8 Å². The number of esters is 1. The van der Waals surface area contributed by atoms with Crippen LogP contribution in [0.1, 0.15) is 32.6 Å². The third-order valence-corrected chi connectivity index (χ3v) is 4.31. The van der Waals surface area contributed by atoms with Crippen molar-refractivity contribution in [3.05, 3.63) is 28.2 Å². The van der Waals surface area contributed by atoms with Crippen molar-refractivity contribution >= 4 is 40.9 Å². The molecule has 0 aliphatic heterocycles. The van der Waals surface area contributed by atoms with Gasteiger partial charge in [-0.3, -0.25) is 4.79 Å². The highest BCUT2D eigenvalue weighted by Gasteiger charge is 2.02. The van der Waals surface area contributed by atoms with Gasteiger partial charge in [0.25, 0.3) is 0 Å². The van der Waals surface area contributed by atoms with E-state index < -0.39 is 0 Å². The first kappa shape index (κ1) is 16.7. The van der Waals surface area contributed by atoms with Crippen molar-refractivity contribution in [1.29, 1.82) is 0 Å². The van der Waals surface area contributed by atoms with Crippen molar-refractivity contribution in [2.75, 3.05) is 12.4 Å². The normalized spacial score (nSPS) is 10.5. The second kappa shape index (κ2) is 9.51. The van der Waals surface area contributed by atoms with Crippen LogP contribution in [0.25, 0.3) is 0 Å². The Morgan fingerprint density at radius 1 is 1.21 bits per heavy atom. The molecule has 0 N–H and O–H groups in total. The Kier molecular flexibility index (Phi) is 8.35. The van der Waals surface area contributed by atoms with Crippen LogP contribution in [0, 0.1) is 0 Å². The average molecular weight is 321 g/mol. The molecule has 0 unspecified atom stereocenters. The third-order valence-electron chi connectivity index (χ3n) is 2.49. The molecule has 1 rings (SSSR count). The zero-order chi connectivity index (χ0) is 14.1. The SMILES string of the molecule is CCOC(=O)CCCCCSc1ccc(Cl)c(Cl)c1. The van der Waals surface area contributed by atoms with Crippen LogP contribution in [0.15, 0.2) is 23.1 Å². The Morgan fingerprint density at radius 3 is 2.68 bits per heavy atom. The Hall–Kier alpha value is -0.380. The standard InChI is InChI=1S/C14H18Cl2O2S/c1-2-18-14(17)6-4-3-5-9-19-11-7-8-12(15)13(16)10-11/h7-8,10H,2-6,9H2,1H3. The minimum Gasteiger partial charge on any atom is -0.466 e. The second-order valence-electron chi connectivity index (χ2n) is 4.04. The van der Waals surface area contributed by atoms with Gasteiger partial charge in [0.2, 0.25) is 0 Å². The Bertz CT molecular complexity index is 410. The number of rotatable bonds is 8. The Labute approximate surface area is 128 Å². The number of carbonyl (C=O) groups excluding carboxylic acids is 1. The summed E-state index contributed by atoms with van der Waals surface area (Å²) in [5.74, 6) is 0.917. The van der Waals surface area contributed by atoms with Gasteiger partial charge in [0.15, 0.2) is 0 Å². The lowest BCUT2D eigenvalue weighted by atomic mass is 10.2. The second-order valence-corrected chi connectivity index (χ2v) is 6.02. The van der Waals surface area contributed by atoms with Crippen molar-refractivity contribution < 1.29 is 9.53 Å². The molecule has 0 amide bonds. The largest absolute Gasteiger partial charge is 0.466 e. The van der Waals surface area contributed by atoms with Gasteiger partial charge >= 0.3 is 5.97 Å². The molecule has 2 nitrogen and oxygen atoms in total. The summed E-state index contributed by atoms with van der Waals surface area (Å²) >= 11 is 13.6. The molecule has 106 valence electrons. The van der Waals surface area contributed by atoms with Crippen LogP contribution in [0.5, 0.6) is 0 Å². The molecule has 0 aliphatic rings. The molecule has 0 saturated carbocycles. The van der Waals surface area contributed by atoms with Crippen LogP contribution in [-0.4, -0.2) is 18.3 Å². The summed E-state index contributed by atoms with van der Waals surface area (Å²) in [7, 11) is 0. The maximum atomic E-state index is 11.1. The van der Waals surface area contributed by atoms with Crippen molar-refractivity contribution in [3.8, 4) is 0 Å². The predicted octanol–water partition coefficient (Wildman–Crippen LogP) is 5.21. The number of thioether (sulfide) groups is 1. The first-order chi connectivity index (χ1) is 9.13. The molecule has 0 fully saturated rings. The van der Waals surface area contributed by atoms with Gasteiger partial charge in [-0.1, -0.05) is 29.6 Å². The van der Waals surface area contributed by atoms with Crippen molar-refractivity contribution in [2.45, 2.75) is 37.5 Å². The zero-order valence-electron chi connectivity index (χ0n) is 11.0. The third kappa shape index (κ3) is 7.09. The van der Waals surface area contributed by atoms with Gasteiger partial charge in [0, 0.05) is 11.3 Å². The Balaban J connectivity index is 2.10. The van der Waals surface area contributed by atoms with E-state index in [0.717, 1.165) is 29.9 Å². The molecule has 0 bridgehead atoms. The average Bonchev–Trinajstić information content (AvgIpc) is 2.38. The summed E-state index contributed by atoms with van der Waals surface area (Å²) in [6.07, 6.45) is 3.52. The van der Waals surface area contributed by atoms with Crippen molar-refractivity contribution in [1.82, 2.24) is 0 Å². The molecule has 0 radical (unpaired) electrons. The molecule has 0 aliphatic carbocycles. The molecule has 0 spiro atoms. The fourth-order valence-electron chi connectivity index (χ4n) is 1.54. The van der Waals surface area contributed by atoms with E-state index in [1.165, 1.54) is 0 Å². The molecular formula is C14H18Cl2O2S. The summed E-state index contributed by atoms with van der Waals surface area (Å²) in [6.45, 7) is 2.29. The quantitative estimate of drug-likeness (QED) is 0.373. The van der Waals surface area contributed by atoms with Crippen LogP contribution in [0.2, 0.25) is 10.0 Å². The zero-order valence-corrected chi connectivity index (χ0v) is 13.3. The van der Waals surface area contributed by atoms with E-state index in [0.29, 0.717) is 23.1 Å². The first-order valence-electron chi connectivity index (χ1n) is 6.37. The van der Waals surface area contributed by atoms with Crippen LogP contribution in [-0.2, 0) is 9.53 Å². The van der Waals surface area contributed by atoms with Gasteiger partial charge in [-0.2, -0.15) is 0 Å². The van der Waals surface area contributed by atoms with Gasteiger partial charge in [0.1, 0.15) is 0 Å². The minimum atomic E-state index is -0.0976. The summed E-state index contributed by atoms with van der Waals surface area (Å²) in [5.41, 5.74) is 0. The number of ether oxygens (including phenoxy) is 1. The van der Waals surface area contributed by atoms with E-state index in [2.05, 4.69) is 0 Å². The Morgan fingerprint density at radius 2 is 2.00 bits per heavy atom. The van der Waals surface area contributed by atoms with E-state index in [1.807, 2.05) is 25.1 Å². The predicted molar refractivity (Wildman–Crippen MR) is 82.3 cm³/mol. The van der Waals surface area contributed by atoms with Gasteiger partial charge in [-0.05, 0) is 43.7 Å². The molecule has 0 atom stereocenters. The molecule has 5 heteroatoms. The maximum Gasteiger partial charge on any atom is 0.305 e. The lowest BCUT2D eigenvalue weighted by molar-refractivity contribution is -0.143. The number of unbranched alkanes of at least 4 members (excludes halogenated alkanes) is 2. The van der Waals surface area contributed by atoms with E-state index in [-0.39, 0.29) is 5.97 Å². The first-order valence-corrected chi connectivity index (χ1v) is 8.11. The topological polar surface area (TPSA) is 26.3 Å². The molecule has 0 saturated heterocycles. The van der Waals surface area contributed by atoms with E-state index in [9.17, 15) is 4.79 Å². The number of benzene rings is 1. The lowest BCUT2D eigenvalue weighted by Gasteiger charge is -2.04.